The average molecular weight is 404 g/mol. The summed E-state index contributed by atoms with van der Waals surface area (Å²) in [4.78, 5) is 48.7. The van der Waals surface area contributed by atoms with Crippen LogP contribution in [0.5, 0.6) is 0 Å². The van der Waals surface area contributed by atoms with E-state index >= 15 is 0 Å². The summed E-state index contributed by atoms with van der Waals surface area (Å²) in [6.45, 7) is 2.41. The number of H-pyrrole nitrogens is 1. The lowest BCUT2D eigenvalue weighted by Gasteiger charge is -2.07. The maximum Gasteiger partial charge on any atom is 0.348 e. The molecule has 0 saturated heterocycles. The zero-order chi connectivity index (χ0) is 20.3. The number of aryl methyl sites for hydroxylation is 1. The van der Waals surface area contributed by atoms with Crippen molar-refractivity contribution in [1.82, 2.24) is 19.5 Å². The van der Waals surface area contributed by atoms with E-state index in [1.165, 1.54) is 14.2 Å². The van der Waals surface area contributed by atoms with E-state index in [1.807, 2.05) is 10.8 Å². The van der Waals surface area contributed by atoms with Crippen LogP contribution in [0.1, 0.15) is 40.2 Å². The number of hydrogen-bond acceptors (Lipinski definition) is 8. The van der Waals surface area contributed by atoms with Gasteiger partial charge in [0.2, 0.25) is 0 Å². The van der Waals surface area contributed by atoms with Crippen LogP contribution in [0.15, 0.2) is 17.2 Å². The fraction of sp³-hybridized carbons (Fsp3) is 0.389. The Hall–Kier alpha value is -3.01. The number of carbonyl (C=O) groups is 2. The number of rotatable bonds is 7. The molecule has 0 saturated carbocycles. The molecule has 0 radical (unpaired) electrons. The second-order valence-corrected chi connectivity index (χ2v) is 7.07. The van der Waals surface area contributed by atoms with Gasteiger partial charge in [-0.2, -0.15) is 0 Å². The molecular formula is C18H20N4O5S. The maximum absolute atomic E-state index is 12.7. The van der Waals surface area contributed by atoms with Crippen molar-refractivity contribution in [3.63, 3.8) is 0 Å². The molecule has 0 fully saturated rings. The third-order valence-electron chi connectivity index (χ3n) is 4.22. The number of aromatic nitrogens is 4. The van der Waals surface area contributed by atoms with Gasteiger partial charge in [-0.3, -0.25) is 9.59 Å². The first kappa shape index (κ1) is 19.7. The van der Waals surface area contributed by atoms with Gasteiger partial charge in [0.1, 0.15) is 21.4 Å². The molecule has 0 aliphatic carbocycles. The van der Waals surface area contributed by atoms with E-state index in [9.17, 15) is 14.4 Å². The van der Waals surface area contributed by atoms with Crippen LogP contribution in [0.2, 0.25) is 0 Å². The Kier molecular flexibility index (Phi) is 5.88. The van der Waals surface area contributed by atoms with E-state index in [-0.39, 0.29) is 22.2 Å². The Labute approximate surface area is 164 Å². The molecule has 0 unspecified atom stereocenters. The smallest absolute Gasteiger partial charge is 0.348 e. The first-order chi connectivity index (χ1) is 13.5. The second kappa shape index (κ2) is 8.34. The lowest BCUT2D eigenvalue weighted by atomic mass is 10.1. The SMILES string of the molecule is CCCc1nccn1Cc1nc2sc(C(=O)OC)c(CC(=O)OC)c2c(=O)[nH]1. The lowest BCUT2D eigenvalue weighted by molar-refractivity contribution is -0.139. The molecule has 9 nitrogen and oxygen atoms in total. The van der Waals surface area contributed by atoms with Crippen LogP contribution in [0.3, 0.4) is 0 Å². The summed E-state index contributed by atoms with van der Waals surface area (Å²) in [7, 11) is 2.49. The van der Waals surface area contributed by atoms with E-state index < -0.39 is 17.5 Å². The molecule has 0 aromatic carbocycles. The predicted octanol–water partition coefficient (Wildman–Crippen LogP) is 1.68. The zero-order valence-electron chi connectivity index (χ0n) is 15.8. The molecule has 0 bridgehead atoms. The third kappa shape index (κ3) is 3.81. The number of aromatic amines is 1. The fourth-order valence-corrected chi connectivity index (χ4v) is 4.05. The van der Waals surface area contributed by atoms with Crippen LogP contribution >= 0.6 is 11.3 Å². The van der Waals surface area contributed by atoms with Crippen molar-refractivity contribution in [2.45, 2.75) is 32.7 Å². The van der Waals surface area contributed by atoms with Gasteiger partial charge in [0, 0.05) is 24.4 Å². The number of ether oxygens (including phenoxy) is 2. The molecule has 0 spiro atoms. The molecule has 0 atom stereocenters. The molecule has 148 valence electrons. The van der Waals surface area contributed by atoms with Crippen molar-refractivity contribution in [1.29, 1.82) is 0 Å². The van der Waals surface area contributed by atoms with Gasteiger partial charge < -0.3 is 19.0 Å². The summed E-state index contributed by atoms with van der Waals surface area (Å²) >= 11 is 1.03. The summed E-state index contributed by atoms with van der Waals surface area (Å²) in [6, 6.07) is 0. The normalized spacial score (nSPS) is 11.0. The van der Waals surface area contributed by atoms with Crippen molar-refractivity contribution >= 4 is 33.5 Å². The maximum atomic E-state index is 12.7. The first-order valence-corrected chi connectivity index (χ1v) is 9.49. The average Bonchev–Trinajstić information content (AvgIpc) is 3.26. The zero-order valence-corrected chi connectivity index (χ0v) is 16.6. The summed E-state index contributed by atoms with van der Waals surface area (Å²) in [5, 5.41) is 0.207. The molecule has 0 aliphatic rings. The molecule has 3 aromatic heterocycles. The molecule has 3 rings (SSSR count). The number of thiophene rings is 1. The van der Waals surface area contributed by atoms with E-state index in [1.54, 1.807) is 6.20 Å². The van der Waals surface area contributed by atoms with Gasteiger partial charge in [0.05, 0.1) is 32.6 Å². The van der Waals surface area contributed by atoms with Gasteiger partial charge in [0.15, 0.2) is 0 Å². The van der Waals surface area contributed by atoms with Gasteiger partial charge in [0.25, 0.3) is 5.56 Å². The van der Waals surface area contributed by atoms with Crippen molar-refractivity contribution in [2.75, 3.05) is 14.2 Å². The minimum absolute atomic E-state index is 0.173. The molecule has 1 N–H and O–H groups in total. The number of esters is 2. The highest BCUT2D eigenvalue weighted by Crippen LogP contribution is 2.29. The second-order valence-electron chi connectivity index (χ2n) is 6.07. The number of nitrogens with zero attached hydrogens (tertiary/aromatic N) is 3. The Morgan fingerprint density at radius 3 is 2.75 bits per heavy atom. The van der Waals surface area contributed by atoms with Crippen molar-refractivity contribution in [2.24, 2.45) is 0 Å². The van der Waals surface area contributed by atoms with Gasteiger partial charge in [-0.15, -0.1) is 11.3 Å². The number of fused-ring (bicyclic) bond motifs is 1. The lowest BCUT2D eigenvalue weighted by Crippen LogP contribution is -2.17. The predicted molar refractivity (Wildman–Crippen MR) is 103 cm³/mol. The quantitative estimate of drug-likeness (QED) is 0.596. The van der Waals surface area contributed by atoms with Gasteiger partial charge in [-0.1, -0.05) is 6.92 Å². The highest BCUT2D eigenvalue weighted by atomic mass is 32.1. The summed E-state index contributed by atoms with van der Waals surface area (Å²) < 4.78 is 11.4. The van der Waals surface area contributed by atoms with Crippen LogP contribution in [-0.4, -0.2) is 45.7 Å². The number of carbonyl (C=O) groups excluding carboxylic acids is 2. The number of hydrogen-bond donors (Lipinski definition) is 1. The Morgan fingerprint density at radius 1 is 1.29 bits per heavy atom. The number of nitrogens with one attached hydrogen (secondary N) is 1. The summed E-state index contributed by atoms with van der Waals surface area (Å²) in [5.74, 6) is 0.159. The molecule has 0 amide bonds. The highest BCUT2D eigenvalue weighted by molar-refractivity contribution is 7.20. The van der Waals surface area contributed by atoms with Crippen LogP contribution in [0.25, 0.3) is 10.2 Å². The van der Waals surface area contributed by atoms with Crippen molar-refractivity contribution in [3.05, 3.63) is 44.8 Å². The minimum Gasteiger partial charge on any atom is -0.469 e. The number of imidazole rings is 1. The van der Waals surface area contributed by atoms with Gasteiger partial charge >= 0.3 is 11.9 Å². The van der Waals surface area contributed by atoms with Crippen LogP contribution in [0.4, 0.5) is 0 Å². The van der Waals surface area contributed by atoms with Crippen molar-refractivity contribution in [3.8, 4) is 0 Å². The molecule has 10 heteroatoms. The standard InChI is InChI=1S/C18H20N4O5S/c1-4-5-12-19-6-7-22(12)9-11-20-16(24)14-10(8-13(23)26-2)15(18(25)27-3)28-17(14)21-11/h6-7H,4-5,8-9H2,1-3H3,(H,20,21,24). The van der Waals surface area contributed by atoms with E-state index in [4.69, 9.17) is 4.74 Å². The number of methoxy groups -OCH3 is 2. The Bertz CT molecular complexity index is 1080. The van der Waals surface area contributed by atoms with E-state index in [2.05, 4.69) is 26.6 Å². The Morgan fingerprint density at radius 2 is 2.07 bits per heavy atom. The fourth-order valence-electron chi connectivity index (χ4n) is 2.92. The molecule has 3 aromatic rings. The third-order valence-corrected chi connectivity index (χ3v) is 5.33. The van der Waals surface area contributed by atoms with Crippen LogP contribution in [-0.2, 0) is 33.7 Å². The topological polar surface area (TPSA) is 116 Å². The molecule has 0 aliphatic heterocycles. The van der Waals surface area contributed by atoms with Crippen LogP contribution < -0.4 is 5.56 Å². The molecule has 28 heavy (non-hydrogen) atoms. The van der Waals surface area contributed by atoms with Crippen molar-refractivity contribution < 1.29 is 19.1 Å². The van der Waals surface area contributed by atoms with E-state index in [0.717, 1.165) is 30.0 Å². The van der Waals surface area contributed by atoms with Gasteiger partial charge in [-0.25, -0.2) is 14.8 Å². The monoisotopic (exact) mass is 404 g/mol. The Balaban J connectivity index is 2.07. The summed E-state index contributed by atoms with van der Waals surface area (Å²) in [6.07, 6.45) is 5.08. The largest absolute Gasteiger partial charge is 0.469 e. The summed E-state index contributed by atoms with van der Waals surface area (Å²) in [5.41, 5.74) is -0.143. The highest BCUT2D eigenvalue weighted by Gasteiger charge is 2.24. The van der Waals surface area contributed by atoms with Crippen LogP contribution in [0, 0.1) is 0 Å². The first-order valence-electron chi connectivity index (χ1n) is 8.68. The van der Waals surface area contributed by atoms with E-state index in [0.29, 0.717) is 17.2 Å². The molecular weight excluding hydrogens is 384 g/mol. The van der Waals surface area contributed by atoms with Gasteiger partial charge in [-0.05, 0) is 6.42 Å². The minimum atomic E-state index is -0.623. The molecule has 3 heterocycles.